The molecule has 3 heterocycles. The number of nitrogens with zero attached hydrogens (tertiary/aromatic N) is 3. The van der Waals surface area contributed by atoms with Crippen LogP contribution in [0.15, 0.2) is 4.60 Å². The van der Waals surface area contributed by atoms with E-state index < -0.39 is 6.09 Å². The van der Waals surface area contributed by atoms with Crippen molar-refractivity contribution in [3.63, 3.8) is 0 Å². The van der Waals surface area contributed by atoms with Crippen molar-refractivity contribution >= 4 is 27.8 Å². The summed E-state index contributed by atoms with van der Waals surface area (Å²) >= 11 is 3.35. The molecule has 2 aliphatic rings. The van der Waals surface area contributed by atoms with E-state index >= 15 is 0 Å². The third kappa shape index (κ3) is 3.45. The molecule has 1 aromatic heterocycles. The molecule has 2 atom stereocenters. The van der Waals surface area contributed by atoms with Gasteiger partial charge in [0, 0.05) is 18.5 Å². The van der Waals surface area contributed by atoms with Gasteiger partial charge < -0.3 is 25.2 Å². The number of carboxylic acid groups (broad SMARTS) is 1. The summed E-state index contributed by atoms with van der Waals surface area (Å²) in [4.78, 5) is 22.2. The van der Waals surface area contributed by atoms with Gasteiger partial charge in [0.05, 0.1) is 31.1 Å². The lowest BCUT2D eigenvalue weighted by Gasteiger charge is -2.42. The maximum Gasteiger partial charge on any atom is 0.404 e. The van der Waals surface area contributed by atoms with Gasteiger partial charge in [-0.05, 0) is 42.6 Å². The van der Waals surface area contributed by atoms with Crippen molar-refractivity contribution < 1.29 is 19.7 Å². The van der Waals surface area contributed by atoms with Gasteiger partial charge >= 0.3 is 6.09 Å². The summed E-state index contributed by atoms with van der Waals surface area (Å²) in [7, 11) is 0. The predicted octanol–water partition coefficient (Wildman–Crippen LogP) is 1.68. The summed E-state index contributed by atoms with van der Waals surface area (Å²) in [5.41, 5.74) is 1.13. The van der Waals surface area contributed by atoms with Gasteiger partial charge in [0.1, 0.15) is 10.3 Å². The van der Waals surface area contributed by atoms with Crippen LogP contribution in [0.3, 0.4) is 0 Å². The summed E-state index contributed by atoms with van der Waals surface area (Å²) in [6, 6.07) is -0.206. The lowest BCUT2D eigenvalue weighted by atomic mass is 9.73. The fourth-order valence-electron chi connectivity index (χ4n) is 3.88. The number of halogens is 1. The fourth-order valence-corrected chi connectivity index (χ4v) is 4.18. The van der Waals surface area contributed by atoms with Gasteiger partial charge in [0.2, 0.25) is 0 Å². The standard InChI is InChI=1S/C16H23BrN4O4/c1-9-13(17)19-11(7-22)14(18-9)21-5-3-16(4-6-21)8-25-10(2)12(16)20-15(23)24/h10,12,20,22H,3-8H2,1-2H3,(H,23,24)/t10-,12+/m0/s1. The number of aryl methyl sites for hydroxylation is 1. The Morgan fingerprint density at radius 1 is 1.44 bits per heavy atom. The number of amides is 1. The van der Waals surface area contributed by atoms with Crippen LogP contribution in [0, 0.1) is 12.3 Å². The molecule has 2 fully saturated rings. The Kier molecular flexibility index (Phi) is 5.17. The quantitative estimate of drug-likeness (QED) is 0.690. The molecule has 0 bridgehead atoms. The minimum absolute atomic E-state index is 0.134. The molecule has 25 heavy (non-hydrogen) atoms. The lowest BCUT2D eigenvalue weighted by Crippen LogP contribution is -2.54. The van der Waals surface area contributed by atoms with Crippen LogP contribution in [0.2, 0.25) is 0 Å². The van der Waals surface area contributed by atoms with Gasteiger partial charge in [0.15, 0.2) is 5.82 Å². The van der Waals surface area contributed by atoms with E-state index in [1.165, 1.54) is 0 Å². The molecular formula is C16H23BrN4O4. The van der Waals surface area contributed by atoms with E-state index in [9.17, 15) is 9.90 Å². The Balaban J connectivity index is 1.78. The van der Waals surface area contributed by atoms with Gasteiger partial charge in [0.25, 0.3) is 0 Å². The first-order chi connectivity index (χ1) is 11.9. The van der Waals surface area contributed by atoms with E-state index in [4.69, 9.17) is 9.84 Å². The molecule has 1 aromatic rings. The molecule has 0 saturated carbocycles. The van der Waals surface area contributed by atoms with E-state index in [-0.39, 0.29) is 24.2 Å². The maximum atomic E-state index is 11.1. The first-order valence-corrected chi connectivity index (χ1v) is 9.15. The highest BCUT2D eigenvalue weighted by atomic mass is 79.9. The number of rotatable bonds is 3. The zero-order valence-electron chi connectivity index (χ0n) is 14.3. The summed E-state index contributed by atoms with van der Waals surface area (Å²) in [6.07, 6.45) is 0.444. The summed E-state index contributed by atoms with van der Waals surface area (Å²) < 4.78 is 6.40. The zero-order chi connectivity index (χ0) is 18.2. The second kappa shape index (κ2) is 7.05. The van der Waals surface area contributed by atoms with Crippen LogP contribution in [0.25, 0.3) is 0 Å². The average molecular weight is 415 g/mol. The van der Waals surface area contributed by atoms with Crippen molar-refractivity contribution in [1.82, 2.24) is 15.3 Å². The van der Waals surface area contributed by atoms with Crippen LogP contribution in [-0.2, 0) is 11.3 Å². The van der Waals surface area contributed by atoms with E-state index in [2.05, 4.69) is 36.1 Å². The van der Waals surface area contributed by atoms with Crippen LogP contribution in [-0.4, -0.2) is 58.1 Å². The van der Waals surface area contributed by atoms with E-state index in [1.54, 1.807) is 0 Å². The number of aliphatic hydroxyl groups is 1. The number of nitrogens with one attached hydrogen (secondary N) is 1. The number of hydrogen-bond donors (Lipinski definition) is 3. The summed E-state index contributed by atoms with van der Waals surface area (Å²) in [5, 5.41) is 21.4. The number of hydrogen-bond acceptors (Lipinski definition) is 6. The molecule has 0 aliphatic carbocycles. The fraction of sp³-hybridized carbons (Fsp3) is 0.688. The van der Waals surface area contributed by atoms with Crippen LogP contribution < -0.4 is 10.2 Å². The lowest BCUT2D eigenvalue weighted by molar-refractivity contribution is 0.0970. The Morgan fingerprint density at radius 3 is 2.72 bits per heavy atom. The van der Waals surface area contributed by atoms with Gasteiger partial charge in [-0.2, -0.15) is 0 Å². The Bertz CT molecular complexity index is 664. The summed E-state index contributed by atoms with van der Waals surface area (Å²) in [5.74, 6) is 0.702. The van der Waals surface area contributed by atoms with Crippen molar-refractivity contribution in [2.24, 2.45) is 5.41 Å². The Labute approximate surface area is 154 Å². The minimum Gasteiger partial charge on any atom is -0.465 e. The number of piperidine rings is 1. The number of carbonyl (C=O) groups is 1. The first-order valence-electron chi connectivity index (χ1n) is 8.36. The molecule has 3 N–H and O–H groups in total. The molecule has 2 saturated heterocycles. The highest BCUT2D eigenvalue weighted by Gasteiger charge is 2.50. The minimum atomic E-state index is -1.01. The van der Waals surface area contributed by atoms with E-state index in [1.807, 2.05) is 13.8 Å². The van der Waals surface area contributed by atoms with Crippen LogP contribution in [0.5, 0.6) is 0 Å². The molecule has 0 aromatic carbocycles. The molecule has 1 spiro atoms. The third-order valence-corrected chi connectivity index (χ3v) is 6.06. The normalized spacial score (nSPS) is 25.4. The third-order valence-electron chi connectivity index (χ3n) is 5.31. The van der Waals surface area contributed by atoms with Gasteiger partial charge in [-0.25, -0.2) is 14.8 Å². The molecule has 1 amide bonds. The van der Waals surface area contributed by atoms with Crippen molar-refractivity contribution in [2.45, 2.75) is 45.4 Å². The second-order valence-electron chi connectivity index (χ2n) is 6.82. The van der Waals surface area contributed by atoms with Crippen LogP contribution in [0.4, 0.5) is 10.6 Å². The van der Waals surface area contributed by atoms with Crippen LogP contribution in [0.1, 0.15) is 31.2 Å². The highest BCUT2D eigenvalue weighted by Crippen LogP contribution is 2.43. The predicted molar refractivity (Wildman–Crippen MR) is 94.6 cm³/mol. The molecule has 3 rings (SSSR count). The smallest absolute Gasteiger partial charge is 0.404 e. The highest BCUT2D eigenvalue weighted by molar-refractivity contribution is 9.10. The topological polar surface area (TPSA) is 108 Å². The number of anilines is 1. The second-order valence-corrected chi connectivity index (χ2v) is 7.57. The number of ether oxygens (including phenoxy) is 1. The number of aromatic nitrogens is 2. The monoisotopic (exact) mass is 414 g/mol. The first kappa shape index (κ1) is 18.3. The zero-order valence-corrected chi connectivity index (χ0v) is 15.9. The largest absolute Gasteiger partial charge is 0.465 e. The molecule has 8 nitrogen and oxygen atoms in total. The molecule has 0 radical (unpaired) electrons. The molecule has 9 heteroatoms. The summed E-state index contributed by atoms with van der Waals surface area (Å²) in [6.45, 7) is 5.60. The van der Waals surface area contributed by atoms with E-state index in [0.29, 0.717) is 22.7 Å². The van der Waals surface area contributed by atoms with E-state index in [0.717, 1.165) is 31.6 Å². The van der Waals surface area contributed by atoms with Gasteiger partial charge in [-0.15, -0.1) is 0 Å². The SMILES string of the molecule is Cc1nc(N2CCC3(CC2)CO[C@@H](C)[C@H]3NC(=O)O)c(CO)nc1Br. The maximum absolute atomic E-state index is 11.1. The van der Waals surface area contributed by atoms with Crippen molar-refractivity contribution in [2.75, 3.05) is 24.6 Å². The van der Waals surface area contributed by atoms with Crippen molar-refractivity contribution in [3.8, 4) is 0 Å². The molecular weight excluding hydrogens is 392 g/mol. The van der Waals surface area contributed by atoms with Crippen LogP contribution >= 0.6 is 15.9 Å². The van der Waals surface area contributed by atoms with Crippen molar-refractivity contribution in [3.05, 3.63) is 16.0 Å². The number of aliphatic hydroxyl groups excluding tert-OH is 1. The van der Waals surface area contributed by atoms with Gasteiger partial charge in [-0.1, -0.05) is 0 Å². The van der Waals surface area contributed by atoms with Gasteiger partial charge in [-0.3, -0.25) is 0 Å². The molecule has 0 unspecified atom stereocenters. The molecule has 138 valence electrons. The molecule has 2 aliphatic heterocycles. The van der Waals surface area contributed by atoms with Crippen molar-refractivity contribution in [1.29, 1.82) is 0 Å². The Hall–Kier alpha value is -1.45. The average Bonchev–Trinajstić information content (AvgIpc) is 2.87. The Morgan fingerprint density at radius 2 is 2.12 bits per heavy atom.